The monoisotopic (exact) mass is 334 g/mol. The first-order valence-electron chi connectivity index (χ1n) is 4.71. The van der Waals surface area contributed by atoms with Gasteiger partial charge in [-0.25, -0.2) is 0 Å². The molecule has 0 aliphatic heterocycles. The van der Waals surface area contributed by atoms with Crippen molar-refractivity contribution in [2.24, 2.45) is 0 Å². The van der Waals surface area contributed by atoms with Crippen LogP contribution < -0.4 is 0 Å². The van der Waals surface area contributed by atoms with E-state index in [-0.39, 0.29) is 4.83 Å². The Kier molecular flexibility index (Phi) is 3.96. The van der Waals surface area contributed by atoms with Crippen molar-refractivity contribution in [3.63, 3.8) is 0 Å². The molecule has 0 spiro atoms. The van der Waals surface area contributed by atoms with Crippen molar-refractivity contribution in [3.8, 4) is 0 Å². The molecule has 2 aromatic rings. The van der Waals surface area contributed by atoms with Gasteiger partial charge in [-0.15, -0.1) is 0 Å². The molecular formula is C12H9BrCl2S. The van der Waals surface area contributed by atoms with Crippen molar-refractivity contribution < 1.29 is 0 Å². The highest BCUT2D eigenvalue weighted by atomic mass is 79.9. The van der Waals surface area contributed by atoms with E-state index in [1.807, 2.05) is 12.1 Å². The molecule has 1 aromatic heterocycles. The van der Waals surface area contributed by atoms with E-state index in [0.29, 0.717) is 10.0 Å². The smallest absolute Gasteiger partial charge is 0.0669 e. The Bertz CT molecular complexity index is 507. The lowest BCUT2D eigenvalue weighted by atomic mass is 10.0. The molecule has 1 aromatic carbocycles. The van der Waals surface area contributed by atoms with Crippen LogP contribution in [0.25, 0.3) is 0 Å². The molecule has 0 aliphatic rings. The van der Waals surface area contributed by atoms with Crippen molar-refractivity contribution in [2.75, 3.05) is 0 Å². The predicted molar refractivity (Wildman–Crippen MR) is 76.3 cm³/mol. The van der Waals surface area contributed by atoms with Crippen molar-refractivity contribution in [3.05, 3.63) is 55.7 Å². The van der Waals surface area contributed by atoms with Gasteiger partial charge in [-0.05, 0) is 46.5 Å². The van der Waals surface area contributed by atoms with Gasteiger partial charge in [-0.2, -0.15) is 11.3 Å². The van der Waals surface area contributed by atoms with Crippen LogP contribution in [0, 0.1) is 6.92 Å². The molecule has 0 fully saturated rings. The van der Waals surface area contributed by atoms with Crippen molar-refractivity contribution in [1.82, 2.24) is 0 Å². The van der Waals surface area contributed by atoms with Crippen LogP contribution >= 0.6 is 50.5 Å². The van der Waals surface area contributed by atoms with E-state index in [9.17, 15) is 0 Å². The van der Waals surface area contributed by atoms with Gasteiger partial charge < -0.3 is 0 Å². The first-order valence-corrected chi connectivity index (χ1v) is 7.32. The zero-order valence-electron chi connectivity index (χ0n) is 8.51. The Labute approximate surface area is 117 Å². The molecule has 0 bridgehead atoms. The van der Waals surface area contributed by atoms with Crippen LogP contribution in [0.1, 0.15) is 21.5 Å². The van der Waals surface area contributed by atoms with Gasteiger partial charge in [0.05, 0.1) is 4.83 Å². The van der Waals surface area contributed by atoms with E-state index in [0.717, 1.165) is 5.56 Å². The summed E-state index contributed by atoms with van der Waals surface area (Å²) in [6.07, 6.45) is 0. The Balaban J connectivity index is 2.41. The Morgan fingerprint density at radius 3 is 2.50 bits per heavy atom. The third kappa shape index (κ3) is 2.45. The number of thiophene rings is 1. The number of benzene rings is 1. The second-order valence-corrected chi connectivity index (χ2v) is 6.04. The van der Waals surface area contributed by atoms with E-state index in [4.69, 9.17) is 23.2 Å². The van der Waals surface area contributed by atoms with Gasteiger partial charge in [0, 0.05) is 10.0 Å². The van der Waals surface area contributed by atoms with Crippen molar-refractivity contribution >= 4 is 50.5 Å². The molecule has 0 radical (unpaired) electrons. The van der Waals surface area contributed by atoms with Gasteiger partial charge in [-0.1, -0.05) is 45.2 Å². The topological polar surface area (TPSA) is 0 Å². The number of halogens is 3. The highest BCUT2D eigenvalue weighted by Crippen LogP contribution is 2.38. The van der Waals surface area contributed by atoms with Gasteiger partial charge in [0.2, 0.25) is 0 Å². The van der Waals surface area contributed by atoms with Crippen LogP contribution in [0.5, 0.6) is 0 Å². The van der Waals surface area contributed by atoms with Crippen molar-refractivity contribution in [2.45, 2.75) is 11.8 Å². The van der Waals surface area contributed by atoms with E-state index in [2.05, 4.69) is 33.6 Å². The Hall–Kier alpha value is -0.0200. The SMILES string of the molecule is Cc1cscc1C(Br)c1ccc(Cl)cc1Cl. The number of aryl methyl sites for hydroxylation is 1. The maximum absolute atomic E-state index is 6.18. The molecule has 0 nitrogen and oxygen atoms in total. The molecule has 0 N–H and O–H groups in total. The average Bonchev–Trinajstić information content (AvgIpc) is 2.63. The van der Waals surface area contributed by atoms with Crippen molar-refractivity contribution in [1.29, 1.82) is 0 Å². The normalized spacial score (nSPS) is 12.8. The maximum atomic E-state index is 6.18. The lowest BCUT2D eigenvalue weighted by Gasteiger charge is -2.12. The fourth-order valence-electron chi connectivity index (χ4n) is 1.50. The lowest BCUT2D eigenvalue weighted by Crippen LogP contribution is -1.93. The third-order valence-electron chi connectivity index (χ3n) is 2.40. The molecule has 84 valence electrons. The zero-order chi connectivity index (χ0) is 11.7. The van der Waals surface area contributed by atoms with E-state index in [1.54, 1.807) is 17.4 Å². The van der Waals surface area contributed by atoms with E-state index >= 15 is 0 Å². The Morgan fingerprint density at radius 1 is 1.19 bits per heavy atom. The van der Waals surface area contributed by atoms with Crippen LogP contribution in [-0.2, 0) is 0 Å². The molecular weight excluding hydrogens is 327 g/mol. The number of alkyl halides is 1. The summed E-state index contributed by atoms with van der Waals surface area (Å²) < 4.78 is 0. The minimum Gasteiger partial charge on any atom is -0.152 e. The van der Waals surface area contributed by atoms with Crippen LogP contribution in [-0.4, -0.2) is 0 Å². The van der Waals surface area contributed by atoms with E-state index in [1.165, 1.54) is 11.1 Å². The van der Waals surface area contributed by atoms with Crippen LogP contribution in [0.15, 0.2) is 29.0 Å². The molecule has 16 heavy (non-hydrogen) atoms. The number of hydrogen-bond donors (Lipinski definition) is 0. The van der Waals surface area contributed by atoms with Gasteiger partial charge in [0.1, 0.15) is 0 Å². The molecule has 1 heterocycles. The molecule has 0 saturated heterocycles. The fraction of sp³-hybridized carbons (Fsp3) is 0.167. The minimum absolute atomic E-state index is 0.128. The summed E-state index contributed by atoms with van der Waals surface area (Å²) in [6, 6.07) is 5.59. The highest BCUT2D eigenvalue weighted by molar-refractivity contribution is 9.09. The first kappa shape index (κ1) is 12.4. The van der Waals surface area contributed by atoms with Crippen LogP contribution in [0.3, 0.4) is 0 Å². The van der Waals surface area contributed by atoms with Gasteiger partial charge in [-0.3, -0.25) is 0 Å². The number of rotatable bonds is 2. The molecule has 1 unspecified atom stereocenters. The molecule has 4 heteroatoms. The molecule has 0 aliphatic carbocycles. The highest BCUT2D eigenvalue weighted by Gasteiger charge is 2.16. The molecule has 2 rings (SSSR count). The van der Waals surface area contributed by atoms with Crippen LogP contribution in [0.4, 0.5) is 0 Å². The fourth-order valence-corrected chi connectivity index (χ4v) is 4.10. The number of hydrogen-bond acceptors (Lipinski definition) is 1. The zero-order valence-corrected chi connectivity index (χ0v) is 12.4. The second-order valence-electron chi connectivity index (χ2n) is 3.54. The maximum Gasteiger partial charge on any atom is 0.0669 e. The summed E-state index contributed by atoms with van der Waals surface area (Å²) in [5.41, 5.74) is 3.58. The summed E-state index contributed by atoms with van der Waals surface area (Å²) in [6.45, 7) is 2.10. The first-order chi connectivity index (χ1) is 7.59. The summed E-state index contributed by atoms with van der Waals surface area (Å²) in [4.78, 5) is 0.128. The van der Waals surface area contributed by atoms with Gasteiger partial charge in [0.15, 0.2) is 0 Å². The summed E-state index contributed by atoms with van der Waals surface area (Å²) in [5, 5.41) is 5.63. The molecule has 1 atom stereocenters. The van der Waals surface area contributed by atoms with Gasteiger partial charge in [0.25, 0.3) is 0 Å². The minimum atomic E-state index is 0.128. The summed E-state index contributed by atoms with van der Waals surface area (Å²) in [5.74, 6) is 0. The average molecular weight is 336 g/mol. The summed E-state index contributed by atoms with van der Waals surface area (Å²) in [7, 11) is 0. The predicted octanol–water partition coefficient (Wildman–Crippen LogP) is 5.85. The standard InChI is InChI=1S/C12H9BrCl2S/c1-7-5-16-6-10(7)12(13)9-3-2-8(14)4-11(9)15/h2-6,12H,1H3. The molecule has 0 saturated carbocycles. The lowest BCUT2D eigenvalue weighted by molar-refractivity contribution is 1.16. The van der Waals surface area contributed by atoms with Crippen LogP contribution in [0.2, 0.25) is 10.0 Å². The Morgan fingerprint density at radius 2 is 1.94 bits per heavy atom. The van der Waals surface area contributed by atoms with Gasteiger partial charge >= 0.3 is 0 Å². The quantitative estimate of drug-likeness (QED) is 0.604. The second kappa shape index (κ2) is 5.09. The van der Waals surface area contributed by atoms with E-state index < -0.39 is 0 Å². The summed E-state index contributed by atoms with van der Waals surface area (Å²) >= 11 is 17.4. The molecule has 0 amide bonds. The largest absolute Gasteiger partial charge is 0.152 e. The third-order valence-corrected chi connectivity index (χ3v) is 4.83.